The third-order valence-corrected chi connectivity index (χ3v) is 4.95. The number of benzene rings is 3. The summed E-state index contributed by atoms with van der Waals surface area (Å²) >= 11 is 1.77. The monoisotopic (exact) mass is 317 g/mol. The van der Waals surface area contributed by atoms with E-state index in [2.05, 4.69) is 48.5 Å². The van der Waals surface area contributed by atoms with Crippen LogP contribution in [0.15, 0.2) is 82.6 Å². The fourth-order valence-electron chi connectivity index (χ4n) is 2.68. The van der Waals surface area contributed by atoms with Gasteiger partial charge in [0.1, 0.15) is 5.75 Å². The standard InChI is InChI=1S/C20H15NOS/c1-22-14-11-12-19-17(13-14)20(23-15-7-3-2-4-8-15)16-9-5-6-10-18(16)21-19/h2-13H,1H3. The minimum atomic E-state index is 0.851. The van der Waals surface area contributed by atoms with Gasteiger partial charge in [0.05, 0.1) is 18.1 Å². The highest BCUT2D eigenvalue weighted by Crippen LogP contribution is 2.39. The van der Waals surface area contributed by atoms with Crippen molar-refractivity contribution in [3.63, 3.8) is 0 Å². The molecule has 3 heteroatoms. The van der Waals surface area contributed by atoms with Crippen LogP contribution in [0, 0.1) is 0 Å². The van der Waals surface area contributed by atoms with Gasteiger partial charge < -0.3 is 4.74 Å². The van der Waals surface area contributed by atoms with Gasteiger partial charge in [0.2, 0.25) is 0 Å². The van der Waals surface area contributed by atoms with E-state index >= 15 is 0 Å². The number of para-hydroxylation sites is 1. The van der Waals surface area contributed by atoms with Crippen LogP contribution >= 0.6 is 11.8 Å². The van der Waals surface area contributed by atoms with Crippen LogP contribution in [0.3, 0.4) is 0 Å². The first-order valence-electron chi connectivity index (χ1n) is 7.44. The number of fused-ring (bicyclic) bond motifs is 2. The van der Waals surface area contributed by atoms with Crippen molar-refractivity contribution in [2.45, 2.75) is 9.79 Å². The lowest BCUT2D eigenvalue weighted by atomic mass is 10.1. The van der Waals surface area contributed by atoms with Crippen molar-refractivity contribution in [3.05, 3.63) is 72.8 Å². The summed E-state index contributed by atoms with van der Waals surface area (Å²) in [5.41, 5.74) is 2.01. The number of aromatic nitrogens is 1. The van der Waals surface area contributed by atoms with E-state index < -0.39 is 0 Å². The molecule has 0 aliphatic heterocycles. The summed E-state index contributed by atoms with van der Waals surface area (Å²) in [6.45, 7) is 0. The van der Waals surface area contributed by atoms with E-state index in [1.165, 1.54) is 15.2 Å². The summed E-state index contributed by atoms with van der Waals surface area (Å²) in [6, 6.07) is 24.8. The lowest BCUT2D eigenvalue weighted by molar-refractivity contribution is 0.415. The number of hydrogen-bond donors (Lipinski definition) is 0. The van der Waals surface area contributed by atoms with E-state index in [9.17, 15) is 0 Å². The van der Waals surface area contributed by atoms with Gasteiger partial charge in [-0.3, -0.25) is 0 Å². The van der Waals surface area contributed by atoms with Crippen molar-refractivity contribution in [1.82, 2.24) is 4.98 Å². The smallest absolute Gasteiger partial charge is 0.119 e. The second-order valence-corrected chi connectivity index (χ2v) is 6.34. The Hall–Kier alpha value is -2.52. The highest BCUT2D eigenvalue weighted by atomic mass is 32.2. The molecule has 0 unspecified atom stereocenters. The van der Waals surface area contributed by atoms with E-state index in [1.54, 1.807) is 18.9 Å². The molecule has 0 radical (unpaired) electrons. The molecule has 0 atom stereocenters. The van der Waals surface area contributed by atoms with Gasteiger partial charge in [0, 0.05) is 20.6 Å². The summed E-state index contributed by atoms with van der Waals surface area (Å²) in [6.07, 6.45) is 0. The van der Waals surface area contributed by atoms with Crippen molar-refractivity contribution < 1.29 is 4.74 Å². The van der Waals surface area contributed by atoms with Crippen LogP contribution in [0.2, 0.25) is 0 Å². The zero-order chi connectivity index (χ0) is 15.6. The Morgan fingerprint density at radius 3 is 2.35 bits per heavy atom. The highest BCUT2D eigenvalue weighted by molar-refractivity contribution is 7.99. The molecule has 0 amide bonds. The fourth-order valence-corrected chi connectivity index (χ4v) is 3.76. The first-order chi connectivity index (χ1) is 11.3. The lowest BCUT2D eigenvalue weighted by Crippen LogP contribution is -1.89. The largest absolute Gasteiger partial charge is 0.497 e. The quantitative estimate of drug-likeness (QED) is 0.463. The van der Waals surface area contributed by atoms with Crippen LogP contribution in [0.1, 0.15) is 0 Å². The average molecular weight is 317 g/mol. The average Bonchev–Trinajstić information content (AvgIpc) is 2.62. The van der Waals surface area contributed by atoms with Crippen LogP contribution in [-0.2, 0) is 0 Å². The molecule has 0 N–H and O–H groups in total. The number of pyridine rings is 1. The molecule has 2 nitrogen and oxygen atoms in total. The molecule has 4 rings (SSSR count). The molecule has 0 saturated heterocycles. The highest BCUT2D eigenvalue weighted by Gasteiger charge is 2.11. The first-order valence-corrected chi connectivity index (χ1v) is 8.26. The topological polar surface area (TPSA) is 22.1 Å². The molecule has 3 aromatic carbocycles. The Bertz CT molecular complexity index is 983. The van der Waals surface area contributed by atoms with E-state index in [0.29, 0.717) is 0 Å². The SMILES string of the molecule is COc1ccc2nc3ccccc3c(Sc3ccccc3)c2c1. The van der Waals surface area contributed by atoms with E-state index in [4.69, 9.17) is 9.72 Å². The second kappa shape index (κ2) is 5.94. The van der Waals surface area contributed by atoms with Gasteiger partial charge in [0.15, 0.2) is 0 Å². The molecule has 1 heterocycles. The predicted octanol–water partition coefficient (Wildman–Crippen LogP) is 5.55. The summed E-state index contributed by atoms with van der Waals surface area (Å²) in [5, 5.41) is 2.29. The maximum Gasteiger partial charge on any atom is 0.119 e. The predicted molar refractivity (Wildman–Crippen MR) is 96.4 cm³/mol. The van der Waals surface area contributed by atoms with Gasteiger partial charge in [-0.25, -0.2) is 4.98 Å². The van der Waals surface area contributed by atoms with Crippen molar-refractivity contribution in [1.29, 1.82) is 0 Å². The van der Waals surface area contributed by atoms with Crippen molar-refractivity contribution in [2.24, 2.45) is 0 Å². The third kappa shape index (κ3) is 2.64. The molecule has 0 aliphatic carbocycles. The van der Waals surface area contributed by atoms with E-state index in [-0.39, 0.29) is 0 Å². The number of rotatable bonds is 3. The van der Waals surface area contributed by atoms with Crippen LogP contribution in [-0.4, -0.2) is 12.1 Å². The summed E-state index contributed by atoms with van der Waals surface area (Å²) in [7, 11) is 1.69. The third-order valence-electron chi connectivity index (χ3n) is 3.80. The number of methoxy groups -OCH3 is 1. The van der Waals surface area contributed by atoms with E-state index in [0.717, 1.165) is 22.2 Å². The minimum absolute atomic E-state index is 0.851. The maximum atomic E-state index is 5.40. The molecule has 1 aromatic heterocycles. The number of ether oxygens (including phenoxy) is 1. The van der Waals surface area contributed by atoms with Crippen LogP contribution in [0.4, 0.5) is 0 Å². The fraction of sp³-hybridized carbons (Fsp3) is 0.0500. The van der Waals surface area contributed by atoms with Crippen molar-refractivity contribution in [3.8, 4) is 5.75 Å². The molecular formula is C20H15NOS. The molecule has 112 valence electrons. The van der Waals surface area contributed by atoms with Gasteiger partial charge >= 0.3 is 0 Å². The lowest BCUT2D eigenvalue weighted by Gasteiger charge is -2.11. The van der Waals surface area contributed by atoms with Gasteiger partial charge in [-0.1, -0.05) is 48.2 Å². The minimum Gasteiger partial charge on any atom is -0.497 e. The molecule has 0 saturated carbocycles. The normalized spacial score (nSPS) is 11.0. The van der Waals surface area contributed by atoms with Gasteiger partial charge in [0.25, 0.3) is 0 Å². The Kier molecular flexibility index (Phi) is 3.64. The molecule has 0 spiro atoms. The summed E-state index contributed by atoms with van der Waals surface area (Å²) in [5.74, 6) is 0.851. The molecule has 0 aliphatic rings. The second-order valence-electron chi connectivity index (χ2n) is 5.26. The zero-order valence-electron chi connectivity index (χ0n) is 12.7. The molecular weight excluding hydrogens is 302 g/mol. The Morgan fingerprint density at radius 1 is 0.783 bits per heavy atom. The zero-order valence-corrected chi connectivity index (χ0v) is 13.5. The first kappa shape index (κ1) is 14.1. The van der Waals surface area contributed by atoms with Crippen LogP contribution in [0.25, 0.3) is 21.8 Å². The van der Waals surface area contributed by atoms with Crippen molar-refractivity contribution >= 4 is 33.6 Å². The Labute approximate surface area is 139 Å². The summed E-state index contributed by atoms with van der Waals surface area (Å²) < 4.78 is 5.40. The van der Waals surface area contributed by atoms with E-state index in [1.807, 2.05) is 24.3 Å². The Morgan fingerprint density at radius 2 is 1.52 bits per heavy atom. The van der Waals surface area contributed by atoms with Crippen LogP contribution in [0.5, 0.6) is 5.75 Å². The number of hydrogen-bond acceptors (Lipinski definition) is 3. The molecule has 0 bridgehead atoms. The summed E-state index contributed by atoms with van der Waals surface area (Å²) in [4.78, 5) is 7.22. The Balaban J connectivity index is 2.02. The van der Waals surface area contributed by atoms with Crippen molar-refractivity contribution in [2.75, 3.05) is 7.11 Å². The number of nitrogens with zero attached hydrogens (tertiary/aromatic N) is 1. The molecule has 4 aromatic rings. The van der Waals surface area contributed by atoms with Gasteiger partial charge in [-0.15, -0.1) is 0 Å². The van der Waals surface area contributed by atoms with Crippen LogP contribution < -0.4 is 4.74 Å². The molecule has 23 heavy (non-hydrogen) atoms. The molecule has 0 fully saturated rings. The maximum absolute atomic E-state index is 5.40. The van der Waals surface area contributed by atoms with Gasteiger partial charge in [-0.2, -0.15) is 0 Å². The van der Waals surface area contributed by atoms with Gasteiger partial charge in [-0.05, 0) is 36.4 Å².